The van der Waals surface area contributed by atoms with E-state index < -0.39 is 11.4 Å². The van der Waals surface area contributed by atoms with Crippen molar-refractivity contribution in [2.45, 2.75) is 32.6 Å². The third-order valence-corrected chi connectivity index (χ3v) is 4.27. The van der Waals surface area contributed by atoms with Crippen LogP contribution in [0.2, 0.25) is 0 Å². The summed E-state index contributed by atoms with van der Waals surface area (Å²) >= 11 is 0. The van der Waals surface area contributed by atoms with Crippen LogP contribution >= 0.6 is 0 Å². The summed E-state index contributed by atoms with van der Waals surface area (Å²) in [5, 5.41) is 9.41. The zero-order valence-electron chi connectivity index (χ0n) is 10.7. The molecule has 2 aliphatic rings. The molecule has 0 spiro atoms. The van der Waals surface area contributed by atoms with Crippen LogP contribution in [0.15, 0.2) is 0 Å². The summed E-state index contributed by atoms with van der Waals surface area (Å²) in [4.78, 5) is 13.7. The van der Waals surface area contributed by atoms with Gasteiger partial charge in [0.2, 0.25) is 0 Å². The summed E-state index contributed by atoms with van der Waals surface area (Å²) in [5.41, 5.74) is -0.653. The number of hydrogen-bond acceptors (Lipinski definition) is 3. The minimum Gasteiger partial charge on any atom is -0.481 e. The molecule has 2 fully saturated rings. The molecule has 1 unspecified atom stereocenters. The summed E-state index contributed by atoms with van der Waals surface area (Å²) in [7, 11) is 0. The van der Waals surface area contributed by atoms with Crippen molar-refractivity contribution < 1.29 is 14.6 Å². The smallest absolute Gasteiger partial charge is 0.313 e. The molecule has 1 aliphatic carbocycles. The minimum absolute atomic E-state index is 0.378. The third kappa shape index (κ3) is 2.80. The SMILES string of the molecule is CCN(CC1CCC1)CC1(C(=O)O)CCOC1. The van der Waals surface area contributed by atoms with E-state index in [9.17, 15) is 9.90 Å². The first-order valence-corrected chi connectivity index (χ1v) is 6.70. The van der Waals surface area contributed by atoms with Crippen LogP contribution < -0.4 is 0 Å². The molecule has 0 aromatic rings. The molecule has 1 atom stereocenters. The summed E-state index contributed by atoms with van der Waals surface area (Å²) in [6.45, 7) is 5.73. The number of carbonyl (C=O) groups is 1. The number of carboxylic acids is 1. The first-order valence-electron chi connectivity index (χ1n) is 6.70. The highest BCUT2D eigenvalue weighted by molar-refractivity contribution is 5.75. The van der Waals surface area contributed by atoms with E-state index in [4.69, 9.17) is 4.74 Å². The zero-order valence-corrected chi connectivity index (χ0v) is 10.7. The number of carboxylic acid groups (broad SMARTS) is 1. The molecule has 98 valence electrons. The van der Waals surface area contributed by atoms with Crippen molar-refractivity contribution in [2.24, 2.45) is 11.3 Å². The van der Waals surface area contributed by atoms with Gasteiger partial charge in [-0.05, 0) is 31.7 Å². The lowest BCUT2D eigenvalue weighted by Gasteiger charge is -2.35. The predicted molar refractivity (Wildman–Crippen MR) is 65.0 cm³/mol. The van der Waals surface area contributed by atoms with E-state index in [1.165, 1.54) is 19.3 Å². The molecule has 4 heteroatoms. The standard InChI is InChI=1S/C13H23NO3/c1-2-14(8-11-4-3-5-11)9-13(12(15)16)6-7-17-10-13/h11H,2-10H2,1H3,(H,15,16). The lowest BCUT2D eigenvalue weighted by Crippen LogP contribution is -2.45. The number of aliphatic carboxylic acids is 1. The maximum atomic E-state index is 11.4. The molecular formula is C13H23NO3. The van der Waals surface area contributed by atoms with Gasteiger partial charge in [-0.25, -0.2) is 0 Å². The predicted octanol–water partition coefficient (Wildman–Crippen LogP) is 1.60. The van der Waals surface area contributed by atoms with Crippen LogP contribution in [-0.2, 0) is 9.53 Å². The molecule has 0 aromatic heterocycles. The molecule has 2 rings (SSSR count). The van der Waals surface area contributed by atoms with Gasteiger partial charge in [0.1, 0.15) is 5.41 Å². The van der Waals surface area contributed by atoms with Crippen molar-refractivity contribution in [3.05, 3.63) is 0 Å². The van der Waals surface area contributed by atoms with E-state index in [0.29, 0.717) is 26.2 Å². The second-order valence-electron chi connectivity index (χ2n) is 5.51. The van der Waals surface area contributed by atoms with Crippen LogP contribution in [0.3, 0.4) is 0 Å². The summed E-state index contributed by atoms with van der Waals surface area (Å²) in [6.07, 6.45) is 4.62. The van der Waals surface area contributed by atoms with E-state index >= 15 is 0 Å². The lowest BCUT2D eigenvalue weighted by molar-refractivity contribution is -0.150. The maximum absolute atomic E-state index is 11.4. The molecule has 0 aromatic carbocycles. The van der Waals surface area contributed by atoms with E-state index in [1.807, 2.05) is 0 Å². The average molecular weight is 241 g/mol. The van der Waals surface area contributed by atoms with Crippen molar-refractivity contribution >= 4 is 5.97 Å². The van der Waals surface area contributed by atoms with Crippen LogP contribution in [0, 0.1) is 11.3 Å². The molecule has 0 radical (unpaired) electrons. The van der Waals surface area contributed by atoms with E-state index in [2.05, 4.69) is 11.8 Å². The van der Waals surface area contributed by atoms with Gasteiger partial charge in [-0.3, -0.25) is 4.79 Å². The Labute approximate surface area is 103 Å². The van der Waals surface area contributed by atoms with Crippen LogP contribution in [0.25, 0.3) is 0 Å². The molecule has 17 heavy (non-hydrogen) atoms. The average Bonchev–Trinajstić information content (AvgIpc) is 2.71. The molecule has 1 N–H and O–H groups in total. The van der Waals surface area contributed by atoms with Gasteiger partial charge in [0.05, 0.1) is 6.61 Å². The maximum Gasteiger partial charge on any atom is 0.313 e. The molecule has 1 aliphatic heterocycles. The second kappa shape index (κ2) is 5.36. The third-order valence-electron chi connectivity index (χ3n) is 4.27. The summed E-state index contributed by atoms with van der Waals surface area (Å²) in [5.74, 6) is 0.102. The van der Waals surface area contributed by atoms with Crippen molar-refractivity contribution in [2.75, 3.05) is 32.8 Å². The Hall–Kier alpha value is -0.610. The Morgan fingerprint density at radius 2 is 2.29 bits per heavy atom. The highest BCUT2D eigenvalue weighted by Gasteiger charge is 2.43. The first kappa shape index (κ1) is 12.8. The topological polar surface area (TPSA) is 49.8 Å². The fourth-order valence-electron chi connectivity index (χ4n) is 2.74. The molecule has 1 heterocycles. The highest BCUT2D eigenvalue weighted by Crippen LogP contribution is 2.32. The van der Waals surface area contributed by atoms with Crippen molar-refractivity contribution in [3.8, 4) is 0 Å². The van der Waals surface area contributed by atoms with E-state index in [-0.39, 0.29) is 0 Å². The number of nitrogens with zero attached hydrogens (tertiary/aromatic N) is 1. The number of ether oxygens (including phenoxy) is 1. The Morgan fingerprint density at radius 3 is 2.71 bits per heavy atom. The van der Waals surface area contributed by atoms with Gasteiger partial charge < -0.3 is 14.7 Å². The Kier molecular flexibility index (Phi) is 4.05. The van der Waals surface area contributed by atoms with Gasteiger partial charge in [0.15, 0.2) is 0 Å². The van der Waals surface area contributed by atoms with Gasteiger partial charge in [-0.2, -0.15) is 0 Å². The van der Waals surface area contributed by atoms with Crippen LogP contribution in [0.5, 0.6) is 0 Å². The summed E-state index contributed by atoms with van der Waals surface area (Å²) in [6, 6.07) is 0. The second-order valence-corrected chi connectivity index (χ2v) is 5.51. The Bertz CT molecular complexity index is 270. The number of rotatable bonds is 6. The Balaban J connectivity index is 1.92. The molecular weight excluding hydrogens is 218 g/mol. The lowest BCUT2D eigenvalue weighted by atomic mass is 9.83. The first-order chi connectivity index (χ1) is 8.16. The molecule has 4 nitrogen and oxygen atoms in total. The molecule has 0 bridgehead atoms. The highest BCUT2D eigenvalue weighted by atomic mass is 16.5. The van der Waals surface area contributed by atoms with Gasteiger partial charge in [0, 0.05) is 19.7 Å². The summed E-state index contributed by atoms with van der Waals surface area (Å²) < 4.78 is 5.30. The van der Waals surface area contributed by atoms with Gasteiger partial charge in [-0.15, -0.1) is 0 Å². The van der Waals surface area contributed by atoms with Crippen LogP contribution in [0.1, 0.15) is 32.6 Å². The quantitative estimate of drug-likeness (QED) is 0.767. The van der Waals surface area contributed by atoms with Crippen molar-refractivity contribution in [3.63, 3.8) is 0 Å². The minimum atomic E-state index is -0.693. The van der Waals surface area contributed by atoms with Crippen LogP contribution in [-0.4, -0.2) is 48.8 Å². The normalized spacial score (nSPS) is 29.5. The van der Waals surface area contributed by atoms with E-state index in [1.54, 1.807) is 0 Å². The molecule has 1 saturated carbocycles. The Morgan fingerprint density at radius 1 is 1.53 bits per heavy atom. The molecule has 1 saturated heterocycles. The monoisotopic (exact) mass is 241 g/mol. The van der Waals surface area contributed by atoms with Crippen molar-refractivity contribution in [1.29, 1.82) is 0 Å². The fourth-order valence-corrected chi connectivity index (χ4v) is 2.74. The number of hydrogen-bond donors (Lipinski definition) is 1. The largest absolute Gasteiger partial charge is 0.481 e. The fraction of sp³-hybridized carbons (Fsp3) is 0.923. The van der Waals surface area contributed by atoms with Gasteiger partial charge in [0.25, 0.3) is 0 Å². The van der Waals surface area contributed by atoms with Gasteiger partial charge in [-0.1, -0.05) is 13.3 Å². The van der Waals surface area contributed by atoms with Gasteiger partial charge >= 0.3 is 5.97 Å². The zero-order chi connectivity index (χ0) is 12.3. The molecule has 0 amide bonds. The van der Waals surface area contributed by atoms with E-state index in [0.717, 1.165) is 19.0 Å². The van der Waals surface area contributed by atoms with Crippen LogP contribution in [0.4, 0.5) is 0 Å². The van der Waals surface area contributed by atoms with Crippen molar-refractivity contribution in [1.82, 2.24) is 4.90 Å².